The number of H-pyrrole nitrogens is 1. The van der Waals surface area contributed by atoms with Crippen LogP contribution in [0, 0.1) is 5.92 Å². The van der Waals surface area contributed by atoms with Crippen LogP contribution in [0.25, 0.3) is 0 Å². The molecule has 15 heavy (non-hydrogen) atoms. The van der Waals surface area contributed by atoms with Gasteiger partial charge in [0.15, 0.2) is 0 Å². The highest BCUT2D eigenvalue weighted by Crippen LogP contribution is 2.47. The van der Waals surface area contributed by atoms with Gasteiger partial charge in [0.2, 0.25) is 0 Å². The Balaban J connectivity index is 1.83. The number of hydrogen-bond donors (Lipinski definition) is 1. The summed E-state index contributed by atoms with van der Waals surface area (Å²) in [5, 5.41) is 7.22. The number of fused-ring (bicyclic) bond motifs is 2. The molecule has 1 saturated heterocycles. The van der Waals surface area contributed by atoms with Gasteiger partial charge in [0.05, 0.1) is 0 Å². The number of nitrogens with zero attached hydrogens (tertiary/aromatic N) is 2. The molecule has 2 fully saturated rings. The maximum Gasteiger partial charge on any atom is 0.0490 e. The highest BCUT2D eigenvalue weighted by molar-refractivity contribution is 5.16. The number of rotatable bonds is 2. The van der Waals surface area contributed by atoms with E-state index in [4.69, 9.17) is 0 Å². The van der Waals surface area contributed by atoms with Gasteiger partial charge in [0.25, 0.3) is 0 Å². The molecule has 3 unspecified atom stereocenters. The molecule has 2 heterocycles. The van der Waals surface area contributed by atoms with Crippen LogP contribution in [0.15, 0.2) is 12.3 Å². The number of nitrogens with one attached hydrogen (secondary N) is 1. The Labute approximate surface area is 90.9 Å². The zero-order chi connectivity index (χ0) is 10.4. The van der Waals surface area contributed by atoms with Crippen molar-refractivity contribution in [3.05, 3.63) is 18.0 Å². The van der Waals surface area contributed by atoms with E-state index in [0.29, 0.717) is 12.0 Å². The first-order chi connectivity index (χ1) is 7.25. The molecule has 0 spiro atoms. The van der Waals surface area contributed by atoms with Gasteiger partial charge in [-0.05, 0) is 38.7 Å². The molecule has 3 atom stereocenters. The molecule has 1 N–H and O–H groups in total. The molecular formula is C12H19N3. The molecule has 1 aliphatic heterocycles. The van der Waals surface area contributed by atoms with Crippen LogP contribution in [-0.4, -0.2) is 33.7 Å². The Morgan fingerprint density at radius 2 is 2.33 bits per heavy atom. The third-order valence-electron chi connectivity index (χ3n) is 4.11. The Morgan fingerprint density at radius 1 is 1.47 bits per heavy atom. The molecule has 2 bridgehead atoms. The van der Waals surface area contributed by atoms with Gasteiger partial charge < -0.3 is 0 Å². The Hall–Kier alpha value is -0.830. The fourth-order valence-corrected chi connectivity index (χ4v) is 3.47. The first-order valence-corrected chi connectivity index (χ1v) is 6.00. The SMILES string of the molecule is CC(C)N1CC2CC(c3ccn[nH]3)C1C2. The minimum absolute atomic E-state index is 0.686. The monoisotopic (exact) mass is 205 g/mol. The number of likely N-dealkylation sites (tertiary alicyclic amines) is 1. The van der Waals surface area contributed by atoms with E-state index >= 15 is 0 Å². The van der Waals surface area contributed by atoms with Gasteiger partial charge in [-0.15, -0.1) is 0 Å². The zero-order valence-electron chi connectivity index (χ0n) is 9.48. The first kappa shape index (κ1) is 9.40. The third-order valence-corrected chi connectivity index (χ3v) is 4.11. The van der Waals surface area contributed by atoms with Crippen molar-refractivity contribution < 1.29 is 0 Å². The average molecular weight is 205 g/mol. The molecule has 0 aromatic carbocycles. The second kappa shape index (κ2) is 3.34. The van der Waals surface area contributed by atoms with E-state index in [1.165, 1.54) is 25.1 Å². The fourth-order valence-electron chi connectivity index (χ4n) is 3.47. The summed E-state index contributed by atoms with van der Waals surface area (Å²) < 4.78 is 0. The van der Waals surface area contributed by atoms with Crippen LogP contribution in [0.5, 0.6) is 0 Å². The van der Waals surface area contributed by atoms with Gasteiger partial charge >= 0.3 is 0 Å². The number of aromatic nitrogens is 2. The summed E-state index contributed by atoms with van der Waals surface area (Å²) in [5.74, 6) is 1.62. The molecule has 1 aromatic heterocycles. The zero-order valence-corrected chi connectivity index (χ0v) is 9.48. The number of aromatic amines is 1. The van der Waals surface area contributed by atoms with Gasteiger partial charge in [-0.2, -0.15) is 5.10 Å². The second-order valence-corrected chi connectivity index (χ2v) is 5.31. The second-order valence-electron chi connectivity index (χ2n) is 5.31. The predicted octanol–water partition coefficient (Wildman–Crippen LogP) is 2.00. The summed E-state index contributed by atoms with van der Waals surface area (Å²) in [6, 6.07) is 3.59. The largest absolute Gasteiger partial charge is 0.297 e. The Kier molecular flexibility index (Phi) is 2.09. The van der Waals surface area contributed by atoms with Gasteiger partial charge in [-0.1, -0.05) is 0 Å². The smallest absolute Gasteiger partial charge is 0.0490 e. The molecule has 0 radical (unpaired) electrons. The van der Waals surface area contributed by atoms with Crippen LogP contribution in [0.3, 0.4) is 0 Å². The fraction of sp³-hybridized carbons (Fsp3) is 0.750. The molecule has 1 aliphatic carbocycles. The molecule has 1 aromatic rings. The van der Waals surface area contributed by atoms with Crippen LogP contribution in [0.1, 0.15) is 38.3 Å². The maximum atomic E-state index is 4.08. The van der Waals surface area contributed by atoms with E-state index in [2.05, 4.69) is 35.0 Å². The highest BCUT2D eigenvalue weighted by Gasteiger charge is 2.46. The van der Waals surface area contributed by atoms with Crippen molar-refractivity contribution in [1.29, 1.82) is 0 Å². The minimum Gasteiger partial charge on any atom is -0.297 e. The van der Waals surface area contributed by atoms with E-state index in [9.17, 15) is 0 Å². The number of hydrogen-bond acceptors (Lipinski definition) is 2. The molecule has 82 valence electrons. The normalized spacial score (nSPS) is 35.5. The lowest BCUT2D eigenvalue weighted by Gasteiger charge is -2.35. The van der Waals surface area contributed by atoms with E-state index in [1.54, 1.807) is 0 Å². The van der Waals surface area contributed by atoms with Crippen molar-refractivity contribution in [2.24, 2.45) is 5.92 Å². The lowest BCUT2D eigenvalue weighted by atomic mass is 9.94. The van der Waals surface area contributed by atoms with E-state index in [-0.39, 0.29) is 0 Å². The van der Waals surface area contributed by atoms with Crippen LogP contribution >= 0.6 is 0 Å². The lowest BCUT2D eigenvalue weighted by molar-refractivity contribution is 0.151. The summed E-state index contributed by atoms with van der Waals surface area (Å²) in [6.07, 6.45) is 4.62. The minimum atomic E-state index is 0.686. The standard InChI is InChI=1S/C12H19N3/c1-8(2)15-7-9-5-10(12(15)6-9)11-3-4-13-14-11/h3-4,8-10,12H,5-7H2,1-2H3,(H,13,14). The summed E-state index contributed by atoms with van der Waals surface area (Å²) in [4.78, 5) is 2.67. The molecular weight excluding hydrogens is 186 g/mol. The summed E-state index contributed by atoms with van der Waals surface area (Å²) >= 11 is 0. The molecule has 2 aliphatic rings. The topological polar surface area (TPSA) is 31.9 Å². The van der Waals surface area contributed by atoms with E-state index in [0.717, 1.165) is 12.0 Å². The highest BCUT2D eigenvalue weighted by atomic mass is 15.2. The first-order valence-electron chi connectivity index (χ1n) is 6.00. The lowest BCUT2D eigenvalue weighted by Crippen LogP contribution is -2.41. The summed E-state index contributed by atoms with van der Waals surface area (Å²) in [5.41, 5.74) is 1.34. The van der Waals surface area contributed by atoms with Gasteiger partial charge in [0, 0.05) is 36.4 Å². The van der Waals surface area contributed by atoms with Crippen LogP contribution < -0.4 is 0 Å². The van der Waals surface area contributed by atoms with Crippen molar-refractivity contribution in [1.82, 2.24) is 15.1 Å². The Morgan fingerprint density at radius 3 is 2.93 bits per heavy atom. The van der Waals surface area contributed by atoms with Gasteiger partial charge in [-0.3, -0.25) is 10.00 Å². The van der Waals surface area contributed by atoms with Crippen molar-refractivity contribution in [2.75, 3.05) is 6.54 Å². The Bertz CT molecular complexity index is 331. The number of piperidine rings is 1. The maximum absolute atomic E-state index is 4.08. The summed E-state index contributed by atoms with van der Waals surface area (Å²) in [7, 11) is 0. The van der Waals surface area contributed by atoms with Crippen molar-refractivity contribution >= 4 is 0 Å². The quantitative estimate of drug-likeness (QED) is 0.800. The summed E-state index contributed by atoms with van der Waals surface area (Å²) in [6.45, 7) is 5.93. The van der Waals surface area contributed by atoms with Crippen LogP contribution in [0.4, 0.5) is 0 Å². The van der Waals surface area contributed by atoms with Crippen LogP contribution in [-0.2, 0) is 0 Å². The van der Waals surface area contributed by atoms with Crippen LogP contribution in [0.2, 0.25) is 0 Å². The van der Waals surface area contributed by atoms with Crippen molar-refractivity contribution in [2.45, 2.75) is 44.7 Å². The molecule has 3 nitrogen and oxygen atoms in total. The molecule has 0 amide bonds. The molecule has 1 saturated carbocycles. The molecule has 3 heteroatoms. The van der Waals surface area contributed by atoms with Gasteiger partial charge in [-0.25, -0.2) is 0 Å². The predicted molar refractivity (Wildman–Crippen MR) is 59.7 cm³/mol. The third kappa shape index (κ3) is 1.41. The van der Waals surface area contributed by atoms with E-state index < -0.39 is 0 Å². The van der Waals surface area contributed by atoms with Crippen molar-refractivity contribution in [3.8, 4) is 0 Å². The molecule has 3 rings (SSSR count). The van der Waals surface area contributed by atoms with E-state index in [1.807, 2.05) is 6.20 Å². The van der Waals surface area contributed by atoms with Gasteiger partial charge in [0.1, 0.15) is 0 Å². The van der Waals surface area contributed by atoms with Crippen molar-refractivity contribution in [3.63, 3.8) is 0 Å². The average Bonchev–Trinajstić information content (AvgIpc) is 2.92.